The Morgan fingerprint density at radius 3 is 2.59 bits per heavy atom. The first-order valence-electron chi connectivity index (χ1n) is 12.2. The number of rotatable bonds is 16. The first-order chi connectivity index (χ1) is 15.6. The second-order valence-corrected chi connectivity index (χ2v) is 8.44. The Balaban J connectivity index is 1.48. The molecule has 5 heteroatoms. The molecule has 0 saturated carbocycles. The summed E-state index contributed by atoms with van der Waals surface area (Å²) in [7, 11) is 0. The van der Waals surface area contributed by atoms with Crippen LogP contribution in [0.1, 0.15) is 90.4 Å². The van der Waals surface area contributed by atoms with E-state index in [9.17, 15) is 14.7 Å². The summed E-state index contributed by atoms with van der Waals surface area (Å²) < 4.78 is 10.5. The van der Waals surface area contributed by atoms with Crippen LogP contribution in [-0.4, -0.2) is 17.2 Å². The molecule has 1 N–H and O–H groups in total. The number of allylic oxidation sites excluding steroid dienone is 1. The van der Waals surface area contributed by atoms with Crippen molar-refractivity contribution in [1.29, 1.82) is 0 Å². The lowest BCUT2D eigenvalue weighted by molar-refractivity contribution is -0.134. The average molecular weight is 443 g/mol. The van der Waals surface area contributed by atoms with E-state index in [1.54, 1.807) is 24.3 Å². The molecule has 176 valence electrons. The molecule has 0 saturated heterocycles. The van der Waals surface area contributed by atoms with E-state index in [1.165, 1.54) is 25.3 Å². The van der Waals surface area contributed by atoms with E-state index < -0.39 is 5.63 Å². The summed E-state index contributed by atoms with van der Waals surface area (Å²) in [6.07, 6.45) is 17.2. The minimum absolute atomic E-state index is 0.198. The van der Waals surface area contributed by atoms with E-state index in [0.29, 0.717) is 17.8 Å². The predicted octanol–water partition coefficient (Wildman–Crippen LogP) is 6.71. The molecule has 1 aromatic carbocycles. The van der Waals surface area contributed by atoms with Crippen molar-refractivity contribution in [2.75, 3.05) is 0 Å². The number of carbonyl (C=O) groups excluding carboxylic acids is 1. The van der Waals surface area contributed by atoms with E-state index in [2.05, 4.69) is 19.1 Å². The average Bonchev–Trinajstić information content (AvgIpc) is 2.77. The van der Waals surface area contributed by atoms with Gasteiger partial charge in [0.25, 0.3) is 0 Å². The number of ether oxygens (including phenoxy) is 1. The number of benzene rings is 1. The minimum atomic E-state index is -0.424. The summed E-state index contributed by atoms with van der Waals surface area (Å²) in [4.78, 5) is 23.3. The molecule has 0 aliphatic heterocycles. The molecular weight excluding hydrogens is 404 g/mol. The zero-order chi connectivity index (χ0) is 23.0. The Kier molecular flexibility index (Phi) is 12.5. The van der Waals surface area contributed by atoms with Crippen LogP contribution in [0.2, 0.25) is 0 Å². The standard InChI is InChI=1S/C27H38O5/c1-2-3-4-11-14-23(28)15-12-9-7-5-6-8-10-13-16-26(29)31-24-19-17-22-18-20-27(30)32-25(22)21-24/h9,12,17-21,23,28H,2-8,10-11,13-16H2,1H3/b12-9-. The van der Waals surface area contributed by atoms with Crippen molar-refractivity contribution in [3.8, 4) is 5.75 Å². The highest BCUT2D eigenvalue weighted by Gasteiger charge is 2.07. The molecule has 5 nitrogen and oxygen atoms in total. The predicted molar refractivity (Wildman–Crippen MR) is 129 cm³/mol. The summed E-state index contributed by atoms with van der Waals surface area (Å²) in [6, 6.07) is 8.10. The molecule has 2 rings (SSSR count). The first-order valence-corrected chi connectivity index (χ1v) is 12.2. The van der Waals surface area contributed by atoms with Gasteiger partial charge in [-0.3, -0.25) is 4.79 Å². The molecule has 2 aromatic rings. The van der Waals surface area contributed by atoms with Crippen LogP contribution in [-0.2, 0) is 4.79 Å². The SMILES string of the molecule is CCCCCCC(O)C/C=C\CCCCCCCC(=O)Oc1ccc2ccc(=O)oc2c1. The van der Waals surface area contributed by atoms with Crippen LogP contribution in [0.3, 0.4) is 0 Å². The quantitative estimate of drug-likeness (QED) is 0.103. The number of carbonyl (C=O) groups is 1. The maximum Gasteiger partial charge on any atom is 0.336 e. The molecule has 0 aliphatic carbocycles. The number of hydrogen-bond donors (Lipinski definition) is 1. The van der Waals surface area contributed by atoms with Gasteiger partial charge in [0, 0.05) is 23.9 Å². The highest BCUT2D eigenvalue weighted by Crippen LogP contribution is 2.20. The molecule has 1 heterocycles. The van der Waals surface area contributed by atoms with E-state index in [4.69, 9.17) is 9.15 Å². The van der Waals surface area contributed by atoms with E-state index >= 15 is 0 Å². The molecule has 0 amide bonds. The fourth-order valence-corrected chi connectivity index (χ4v) is 3.64. The van der Waals surface area contributed by atoms with E-state index in [1.807, 2.05) is 0 Å². The summed E-state index contributed by atoms with van der Waals surface area (Å²) in [5.41, 5.74) is -0.00908. The number of hydrogen-bond acceptors (Lipinski definition) is 5. The third kappa shape index (κ3) is 10.8. The van der Waals surface area contributed by atoms with Crippen LogP contribution in [0.25, 0.3) is 11.0 Å². The smallest absolute Gasteiger partial charge is 0.336 e. The number of aliphatic hydroxyl groups excluding tert-OH is 1. The maximum absolute atomic E-state index is 12.0. The second-order valence-electron chi connectivity index (χ2n) is 8.44. The van der Waals surface area contributed by atoms with E-state index in [0.717, 1.165) is 63.2 Å². The Labute approximate surface area is 191 Å². The number of esters is 1. The third-order valence-electron chi connectivity index (χ3n) is 5.54. The van der Waals surface area contributed by atoms with Crippen molar-refractivity contribution in [2.24, 2.45) is 0 Å². The molecule has 0 bridgehead atoms. The van der Waals surface area contributed by atoms with Crippen LogP contribution in [0.5, 0.6) is 5.75 Å². The largest absolute Gasteiger partial charge is 0.426 e. The molecule has 0 spiro atoms. The molecule has 1 aromatic heterocycles. The van der Waals surface area contributed by atoms with Crippen LogP contribution >= 0.6 is 0 Å². The van der Waals surface area contributed by atoms with Gasteiger partial charge in [0.1, 0.15) is 11.3 Å². The first kappa shape index (κ1) is 25.9. The zero-order valence-electron chi connectivity index (χ0n) is 19.4. The number of fused-ring (bicyclic) bond motifs is 1. The summed E-state index contributed by atoms with van der Waals surface area (Å²) in [5.74, 6) is 0.133. The lowest BCUT2D eigenvalue weighted by atomic mass is 10.1. The molecule has 32 heavy (non-hydrogen) atoms. The normalized spacial score (nSPS) is 12.4. The Morgan fingerprint density at radius 1 is 1.00 bits per heavy atom. The second kappa shape index (κ2) is 15.4. The molecule has 0 radical (unpaired) electrons. The summed E-state index contributed by atoms with van der Waals surface area (Å²) >= 11 is 0. The minimum Gasteiger partial charge on any atom is -0.426 e. The van der Waals surface area contributed by atoms with Gasteiger partial charge in [-0.2, -0.15) is 0 Å². The highest BCUT2D eigenvalue weighted by atomic mass is 16.5. The summed E-state index contributed by atoms with van der Waals surface area (Å²) in [5, 5.41) is 10.7. The Hall–Kier alpha value is -2.40. The van der Waals surface area contributed by atoms with Gasteiger partial charge in [-0.15, -0.1) is 0 Å². The monoisotopic (exact) mass is 442 g/mol. The highest BCUT2D eigenvalue weighted by molar-refractivity contribution is 5.79. The van der Waals surface area contributed by atoms with Crippen molar-refractivity contribution in [1.82, 2.24) is 0 Å². The number of aliphatic hydroxyl groups is 1. The van der Waals surface area contributed by atoms with Crippen molar-refractivity contribution >= 4 is 16.9 Å². The van der Waals surface area contributed by atoms with E-state index in [-0.39, 0.29) is 12.1 Å². The van der Waals surface area contributed by atoms with Crippen LogP contribution in [0.4, 0.5) is 0 Å². The van der Waals surface area contributed by atoms with Crippen LogP contribution < -0.4 is 10.4 Å². The van der Waals surface area contributed by atoms with Gasteiger partial charge in [0.15, 0.2) is 0 Å². The fraction of sp³-hybridized carbons (Fsp3) is 0.556. The van der Waals surface area contributed by atoms with Crippen molar-refractivity contribution in [3.63, 3.8) is 0 Å². The van der Waals surface area contributed by atoms with Gasteiger partial charge >= 0.3 is 11.6 Å². The van der Waals surface area contributed by atoms with Crippen LogP contribution in [0, 0.1) is 0 Å². The van der Waals surface area contributed by atoms with Gasteiger partial charge in [-0.05, 0) is 50.3 Å². The fourth-order valence-electron chi connectivity index (χ4n) is 3.64. The van der Waals surface area contributed by atoms with Crippen molar-refractivity contribution in [2.45, 2.75) is 96.5 Å². The summed E-state index contributed by atoms with van der Waals surface area (Å²) in [6.45, 7) is 2.20. The van der Waals surface area contributed by atoms with Gasteiger partial charge in [0.05, 0.1) is 6.10 Å². The van der Waals surface area contributed by atoms with Crippen molar-refractivity contribution in [3.05, 3.63) is 52.9 Å². The molecule has 1 atom stereocenters. The lowest BCUT2D eigenvalue weighted by Crippen LogP contribution is -2.07. The Bertz CT molecular complexity index is 883. The molecule has 0 aliphatic rings. The molecule has 0 fully saturated rings. The molecule has 1 unspecified atom stereocenters. The van der Waals surface area contributed by atoms with Crippen molar-refractivity contribution < 1.29 is 19.1 Å². The van der Waals surface area contributed by atoms with Crippen LogP contribution in [0.15, 0.2) is 51.7 Å². The van der Waals surface area contributed by atoms with Gasteiger partial charge in [0.2, 0.25) is 0 Å². The molecular formula is C27H38O5. The van der Waals surface area contributed by atoms with Gasteiger partial charge in [-0.25, -0.2) is 4.79 Å². The zero-order valence-corrected chi connectivity index (χ0v) is 19.4. The number of unbranched alkanes of at least 4 members (excludes halogenated alkanes) is 8. The topological polar surface area (TPSA) is 76.7 Å². The van der Waals surface area contributed by atoms with Gasteiger partial charge < -0.3 is 14.3 Å². The Morgan fingerprint density at radius 2 is 1.75 bits per heavy atom. The lowest BCUT2D eigenvalue weighted by Gasteiger charge is -2.07. The van der Waals surface area contributed by atoms with Gasteiger partial charge in [-0.1, -0.05) is 64.0 Å². The third-order valence-corrected chi connectivity index (χ3v) is 5.54. The maximum atomic E-state index is 12.0.